The van der Waals surface area contributed by atoms with E-state index in [-0.39, 0.29) is 5.91 Å². The Kier molecular flexibility index (Phi) is 5.25. The zero-order valence-electron chi connectivity index (χ0n) is 16.1. The van der Waals surface area contributed by atoms with Crippen LogP contribution in [0.1, 0.15) is 17.0 Å². The summed E-state index contributed by atoms with van der Waals surface area (Å²) in [6.07, 6.45) is 5.39. The Hall–Kier alpha value is -2.93. The van der Waals surface area contributed by atoms with Gasteiger partial charge in [-0.05, 0) is 32.1 Å². The van der Waals surface area contributed by atoms with Gasteiger partial charge in [-0.25, -0.2) is 9.67 Å². The summed E-state index contributed by atoms with van der Waals surface area (Å²) < 4.78 is 1.92. The molecule has 1 amide bonds. The van der Waals surface area contributed by atoms with Crippen LogP contribution in [-0.4, -0.2) is 51.8 Å². The number of thiazole rings is 1. The van der Waals surface area contributed by atoms with E-state index in [0.717, 1.165) is 40.9 Å². The summed E-state index contributed by atoms with van der Waals surface area (Å²) in [6, 6.07) is 10.0. The van der Waals surface area contributed by atoms with Crippen LogP contribution in [0.5, 0.6) is 0 Å². The number of carbonyl (C=O) groups excluding carboxylic acids is 1. The zero-order valence-corrected chi connectivity index (χ0v) is 16.9. The highest BCUT2D eigenvalue weighted by Gasteiger charge is 2.21. The number of rotatable bonds is 4. The van der Waals surface area contributed by atoms with Crippen molar-refractivity contribution < 1.29 is 4.79 Å². The number of carbonyl (C=O) groups is 1. The number of piperazine rings is 1. The number of hydrogen-bond acceptors (Lipinski definition) is 5. The SMILES string of the molecule is Cc1nn(-c2ccccc2)c(C)c1/C=C/C(=O)N1CCN(c2nccs2)CC1. The van der Waals surface area contributed by atoms with E-state index in [9.17, 15) is 4.79 Å². The summed E-state index contributed by atoms with van der Waals surface area (Å²) in [5.74, 6) is 0.0463. The molecule has 144 valence electrons. The summed E-state index contributed by atoms with van der Waals surface area (Å²) in [4.78, 5) is 21.1. The largest absolute Gasteiger partial charge is 0.345 e. The minimum atomic E-state index is 0.0463. The molecular formula is C21H23N5OS. The van der Waals surface area contributed by atoms with Crippen LogP contribution in [-0.2, 0) is 4.79 Å². The highest BCUT2D eigenvalue weighted by molar-refractivity contribution is 7.13. The van der Waals surface area contributed by atoms with Crippen LogP contribution in [0.25, 0.3) is 11.8 Å². The van der Waals surface area contributed by atoms with Crippen molar-refractivity contribution >= 4 is 28.5 Å². The maximum Gasteiger partial charge on any atom is 0.246 e. The van der Waals surface area contributed by atoms with E-state index >= 15 is 0 Å². The lowest BCUT2D eigenvalue weighted by atomic mass is 10.1. The first-order chi connectivity index (χ1) is 13.6. The quantitative estimate of drug-likeness (QED) is 0.638. The first-order valence-corrected chi connectivity index (χ1v) is 10.2. The number of nitrogens with zero attached hydrogens (tertiary/aromatic N) is 5. The van der Waals surface area contributed by atoms with Crippen molar-refractivity contribution in [2.45, 2.75) is 13.8 Å². The third-order valence-corrected chi connectivity index (χ3v) is 5.85. The van der Waals surface area contributed by atoms with Gasteiger partial charge in [-0.3, -0.25) is 4.79 Å². The van der Waals surface area contributed by atoms with E-state index < -0.39 is 0 Å². The predicted molar refractivity (Wildman–Crippen MR) is 113 cm³/mol. The third kappa shape index (κ3) is 3.71. The van der Waals surface area contributed by atoms with Crippen LogP contribution in [0, 0.1) is 13.8 Å². The van der Waals surface area contributed by atoms with E-state index in [0.29, 0.717) is 13.1 Å². The molecule has 1 aliphatic heterocycles. The molecule has 0 N–H and O–H groups in total. The van der Waals surface area contributed by atoms with E-state index in [4.69, 9.17) is 0 Å². The minimum Gasteiger partial charge on any atom is -0.345 e. The highest BCUT2D eigenvalue weighted by atomic mass is 32.1. The number of hydrogen-bond donors (Lipinski definition) is 0. The fourth-order valence-corrected chi connectivity index (χ4v) is 4.16. The Morgan fingerprint density at radius 3 is 2.54 bits per heavy atom. The van der Waals surface area contributed by atoms with Gasteiger partial charge in [0.1, 0.15) is 0 Å². The monoisotopic (exact) mass is 393 g/mol. The molecule has 4 rings (SSSR count). The molecule has 1 aliphatic rings. The second kappa shape index (κ2) is 7.98. The fourth-order valence-electron chi connectivity index (χ4n) is 3.47. The molecule has 6 nitrogen and oxygen atoms in total. The Labute approximate surface area is 168 Å². The van der Waals surface area contributed by atoms with Gasteiger partial charge in [-0.15, -0.1) is 11.3 Å². The van der Waals surface area contributed by atoms with Gasteiger partial charge in [0, 0.05) is 55.1 Å². The second-order valence-electron chi connectivity index (χ2n) is 6.79. The van der Waals surface area contributed by atoms with Crippen LogP contribution < -0.4 is 4.90 Å². The average Bonchev–Trinajstić information content (AvgIpc) is 3.36. The number of aryl methyl sites for hydroxylation is 1. The zero-order chi connectivity index (χ0) is 19.5. The number of anilines is 1. The Morgan fingerprint density at radius 2 is 1.86 bits per heavy atom. The molecule has 28 heavy (non-hydrogen) atoms. The van der Waals surface area contributed by atoms with Crippen LogP contribution >= 0.6 is 11.3 Å². The fraction of sp³-hybridized carbons (Fsp3) is 0.286. The van der Waals surface area contributed by atoms with Gasteiger partial charge in [0.2, 0.25) is 5.91 Å². The molecule has 0 atom stereocenters. The van der Waals surface area contributed by atoms with Gasteiger partial charge in [-0.2, -0.15) is 5.10 Å². The van der Waals surface area contributed by atoms with E-state index in [1.807, 2.05) is 71.4 Å². The molecule has 2 aromatic heterocycles. The maximum atomic E-state index is 12.6. The molecule has 3 aromatic rings. The third-order valence-electron chi connectivity index (χ3n) is 5.02. The van der Waals surface area contributed by atoms with E-state index in [1.165, 1.54) is 0 Å². The molecule has 7 heteroatoms. The number of aromatic nitrogens is 3. The molecule has 0 aliphatic carbocycles. The minimum absolute atomic E-state index is 0.0463. The molecule has 3 heterocycles. The Bertz CT molecular complexity index is 970. The van der Waals surface area contributed by atoms with Crippen molar-refractivity contribution in [1.29, 1.82) is 0 Å². The lowest BCUT2D eigenvalue weighted by Gasteiger charge is -2.34. The predicted octanol–water partition coefficient (Wildman–Crippen LogP) is 3.31. The second-order valence-corrected chi connectivity index (χ2v) is 7.67. The maximum absolute atomic E-state index is 12.6. The van der Waals surface area contributed by atoms with Crippen molar-refractivity contribution in [1.82, 2.24) is 19.7 Å². The standard InChI is InChI=1S/C21H23N5OS/c1-16-19(17(2)26(23-16)18-6-4-3-5-7-18)8-9-20(27)24-11-13-25(14-12-24)21-22-10-15-28-21/h3-10,15H,11-14H2,1-2H3/b9-8+. The molecular weight excluding hydrogens is 370 g/mol. The lowest BCUT2D eigenvalue weighted by Crippen LogP contribution is -2.48. The molecule has 0 saturated carbocycles. The van der Waals surface area contributed by atoms with Crippen molar-refractivity contribution in [3.8, 4) is 5.69 Å². The first kappa shape index (κ1) is 18.4. The Balaban J connectivity index is 1.43. The molecule has 0 spiro atoms. The summed E-state index contributed by atoms with van der Waals surface area (Å²) in [7, 11) is 0. The van der Waals surface area contributed by atoms with Gasteiger partial charge >= 0.3 is 0 Å². The van der Waals surface area contributed by atoms with Crippen LogP contribution in [0.3, 0.4) is 0 Å². The van der Waals surface area contributed by atoms with Gasteiger partial charge in [0.05, 0.1) is 11.4 Å². The van der Waals surface area contributed by atoms with Crippen molar-refractivity contribution in [3.63, 3.8) is 0 Å². The van der Waals surface area contributed by atoms with Gasteiger partial charge in [-0.1, -0.05) is 18.2 Å². The van der Waals surface area contributed by atoms with E-state index in [1.54, 1.807) is 17.4 Å². The van der Waals surface area contributed by atoms with Crippen LogP contribution in [0.4, 0.5) is 5.13 Å². The summed E-state index contributed by atoms with van der Waals surface area (Å²) in [6.45, 7) is 7.06. The smallest absolute Gasteiger partial charge is 0.246 e. The molecule has 1 saturated heterocycles. The molecule has 1 fully saturated rings. The van der Waals surface area contributed by atoms with E-state index in [2.05, 4.69) is 15.0 Å². The number of amides is 1. The first-order valence-electron chi connectivity index (χ1n) is 9.36. The van der Waals surface area contributed by atoms with Crippen molar-refractivity contribution in [2.24, 2.45) is 0 Å². The molecule has 0 bridgehead atoms. The lowest BCUT2D eigenvalue weighted by molar-refractivity contribution is -0.126. The van der Waals surface area contributed by atoms with Crippen molar-refractivity contribution in [3.05, 3.63) is 64.9 Å². The highest BCUT2D eigenvalue weighted by Crippen LogP contribution is 2.21. The van der Waals surface area contributed by atoms with Gasteiger partial charge in [0.25, 0.3) is 0 Å². The molecule has 1 aromatic carbocycles. The normalized spacial score (nSPS) is 14.8. The topological polar surface area (TPSA) is 54.3 Å². The molecule has 0 unspecified atom stereocenters. The van der Waals surface area contributed by atoms with Gasteiger partial charge in [0.15, 0.2) is 5.13 Å². The number of para-hydroxylation sites is 1. The van der Waals surface area contributed by atoms with Crippen LogP contribution in [0.15, 0.2) is 48.0 Å². The summed E-state index contributed by atoms with van der Waals surface area (Å²) in [5, 5.41) is 7.65. The van der Waals surface area contributed by atoms with Gasteiger partial charge < -0.3 is 9.80 Å². The van der Waals surface area contributed by atoms with Crippen molar-refractivity contribution in [2.75, 3.05) is 31.1 Å². The van der Waals surface area contributed by atoms with Crippen LogP contribution in [0.2, 0.25) is 0 Å². The Morgan fingerprint density at radius 1 is 1.11 bits per heavy atom. The number of benzene rings is 1. The molecule has 0 radical (unpaired) electrons. The summed E-state index contributed by atoms with van der Waals surface area (Å²) >= 11 is 1.64. The average molecular weight is 394 g/mol. The summed E-state index contributed by atoms with van der Waals surface area (Å²) in [5.41, 5.74) is 3.96.